The molecule has 8 heteroatoms. The summed E-state index contributed by atoms with van der Waals surface area (Å²) in [5, 5.41) is 8.18. The van der Waals surface area contributed by atoms with Gasteiger partial charge in [0, 0.05) is 36.6 Å². The van der Waals surface area contributed by atoms with Crippen LogP contribution in [0.25, 0.3) is 0 Å². The van der Waals surface area contributed by atoms with E-state index in [4.69, 9.17) is 4.74 Å². The molecule has 0 aliphatic carbocycles. The molecule has 2 heterocycles. The Morgan fingerprint density at radius 2 is 1.94 bits per heavy atom. The first-order chi connectivity index (χ1) is 16.3. The van der Waals surface area contributed by atoms with Crippen LogP contribution in [-0.4, -0.2) is 50.5 Å². The number of hydrogen-bond acceptors (Lipinski definition) is 4. The minimum Gasteiger partial charge on any atom is -0.489 e. The Hall–Kier alpha value is -3.00. The largest absolute Gasteiger partial charge is 0.489 e. The van der Waals surface area contributed by atoms with E-state index >= 15 is 0 Å². The number of benzene rings is 2. The lowest BCUT2D eigenvalue weighted by Crippen LogP contribution is -2.46. The molecule has 3 N–H and O–H groups in total. The molecule has 3 atom stereocenters. The first-order valence-corrected chi connectivity index (χ1v) is 11.8. The highest BCUT2D eigenvalue weighted by molar-refractivity contribution is 6.02. The highest BCUT2D eigenvalue weighted by atomic mass is 19.3. The quantitative estimate of drug-likeness (QED) is 0.538. The average Bonchev–Trinajstić information content (AvgIpc) is 3.17. The van der Waals surface area contributed by atoms with Gasteiger partial charge in [-0.25, -0.2) is 8.78 Å². The first kappa shape index (κ1) is 24.1. The fourth-order valence-corrected chi connectivity index (χ4v) is 4.96. The van der Waals surface area contributed by atoms with Gasteiger partial charge in [0.05, 0.1) is 12.1 Å². The van der Waals surface area contributed by atoms with E-state index in [-0.39, 0.29) is 30.4 Å². The van der Waals surface area contributed by atoms with E-state index in [2.05, 4.69) is 16.0 Å². The van der Waals surface area contributed by atoms with Gasteiger partial charge in [0.2, 0.25) is 0 Å². The average molecular weight is 472 g/mol. The predicted octanol–water partition coefficient (Wildman–Crippen LogP) is 3.71. The Morgan fingerprint density at radius 3 is 2.65 bits per heavy atom. The number of ether oxygens (including phenoxy) is 1. The molecule has 2 aliphatic heterocycles. The van der Waals surface area contributed by atoms with Crippen LogP contribution in [0.4, 0.5) is 8.78 Å². The maximum absolute atomic E-state index is 14.0. The maximum Gasteiger partial charge on any atom is 0.263 e. The molecule has 2 unspecified atom stereocenters. The van der Waals surface area contributed by atoms with Gasteiger partial charge >= 0.3 is 0 Å². The van der Waals surface area contributed by atoms with Crippen molar-refractivity contribution in [1.29, 1.82) is 0 Å². The molecule has 0 aromatic heterocycles. The Balaban J connectivity index is 1.51. The van der Waals surface area contributed by atoms with Crippen molar-refractivity contribution < 1.29 is 23.1 Å². The van der Waals surface area contributed by atoms with Crippen molar-refractivity contribution in [2.45, 2.75) is 44.1 Å². The summed E-state index contributed by atoms with van der Waals surface area (Å²) in [5.41, 5.74) is 2.49. The number of hydrogen-bond donors (Lipinski definition) is 3. The minimum atomic E-state index is -2.71. The van der Waals surface area contributed by atoms with Crippen LogP contribution in [0.2, 0.25) is 0 Å². The fraction of sp³-hybridized carbons (Fsp3) is 0.462. The van der Waals surface area contributed by atoms with E-state index in [9.17, 15) is 18.4 Å². The molecular weight excluding hydrogens is 440 g/mol. The van der Waals surface area contributed by atoms with E-state index in [1.807, 2.05) is 37.3 Å². The fourth-order valence-electron chi connectivity index (χ4n) is 4.96. The van der Waals surface area contributed by atoms with Gasteiger partial charge in [0.25, 0.3) is 17.7 Å². The Labute approximate surface area is 198 Å². The molecule has 182 valence electrons. The third-order valence-corrected chi connectivity index (χ3v) is 6.76. The number of amides is 2. The molecule has 0 bridgehead atoms. The lowest BCUT2D eigenvalue weighted by molar-refractivity contribution is -0.0762. The summed E-state index contributed by atoms with van der Waals surface area (Å²) in [4.78, 5) is 25.6. The van der Waals surface area contributed by atoms with Crippen LogP contribution < -0.4 is 20.7 Å². The molecule has 2 aromatic rings. The molecule has 34 heavy (non-hydrogen) atoms. The zero-order chi connectivity index (χ0) is 24.3. The Kier molecular flexibility index (Phi) is 7.16. The zero-order valence-corrected chi connectivity index (χ0v) is 19.5. The Morgan fingerprint density at radius 1 is 1.18 bits per heavy atom. The van der Waals surface area contributed by atoms with Crippen molar-refractivity contribution in [2.24, 2.45) is 5.92 Å². The third kappa shape index (κ3) is 4.92. The standard InChI is InChI=1S/C26H31F2N3O3/c1-16-22(17-7-4-3-5-8-17)20-13-18(14-21(23(20)34-16)25(33)29-2)24(32)31-11-6-9-19-10-12-30-15-26(19,27)28/h3-5,7-8,13-14,16,19,22,30H,6,9-12,15H2,1-2H3,(H,29,33)(H,31,32)/t16-,19?,22?/m0/s1. The second-order valence-electron chi connectivity index (χ2n) is 9.05. The van der Waals surface area contributed by atoms with Crippen molar-refractivity contribution in [1.82, 2.24) is 16.0 Å². The van der Waals surface area contributed by atoms with Crippen LogP contribution >= 0.6 is 0 Å². The van der Waals surface area contributed by atoms with Gasteiger partial charge in [-0.1, -0.05) is 30.3 Å². The topological polar surface area (TPSA) is 79.5 Å². The third-order valence-electron chi connectivity index (χ3n) is 6.76. The van der Waals surface area contributed by atoms with Gasteiger partial charge in [-0.15, -0.1) is 0 Å². The zero-order valence-electron chi connectivity index (χ0n) is 19.5. The maximum atomic E-state index is 14.0. The summed E-state index contributed by atoms with van der Waals surface area (Å²) in [5.74, 6) is -3.68. The van der Waals surface area contributed by atoms with Crippen LogP contribution in [0.15, 0.2) is 42.5 Å². The lowest BCUT2D eigenvalue weighted by atomic mass is 9.87. The normalized spacial score (nSPS) is 23.0. The van der Waals surface area contributed by atoms with Crippen LogP contribution in [0, 0.1) is 5.92 Å². The summed E-state index contributed by atoms with van der Waals surface area (Å²) in [6.45, 7) is 2.54. The minimum absolute atomic E-state index is 0.116. The van der Waals surface area contributed by atoms with Gasteiger partial charge in [-0.3, -0.25) is 9.59 Å². The van der Waals surface area contributed by atoms with E-state index in [0.29, 0.717) is 49.2 Å². The molecule has 0 saturated carbocycles. The van der Waals surface area contributed by atoms with Gasteiger partial charge < -0.3 is 20.7 Å². The summed E-state index contributed by atoms with van der Waals surface area (Å²) in [7, 11) is 1.53. The van der Waals surface area contributed by atoms with Crippen molar-refractivity contribution in [3.05, 3.63) is 64.7 Å². The van der Waals surface area contributed by atoms with Gasteiger partial charge in [-0.05, 0) is 50.4 Å². The van der Waals surface area contributed by atoms with Gasteiger partial charge in [-0.2, -0.15) is 0 Å². The monoisotopic (exact) mass is 471 g/mol. The molecule has 1 fully saturated rings. The number of alkyl halides is 2. The van der Waals surface area contributed by atoms with E-state index in [1.165, 1.54) is 13.1 Å². The molecule has 4 rings (SSSR count). The second kappa shape index (κ2) is 10.1. The van der Waals surface area contributed by atoms with Gasteiger partial charge in [0.1, 0.15) is 11.9 Å². The predicted molar refractivity (Wildman–Crippen MR) is 126 cm³/mol. The second-order valence-corrected chi connectivity index (χ2v) is 9.05. The number of rotatable bonds is 7. The molecule has 1 saturated heterocycles. The van der Waals surface area contributed by atoms with Crippen molar-refractivity contribution in [3.8, 4) is 5.75 Å². The summed E-state index contributed by atoms with van der Waals surface area (Å²) < 4.78 is 34.1. The van der Waals surface area contributed by atoms with Crippen molar-refractivity contribution in [2.75, 3.05) is 26.7 Å². The van der Waals surface area contributed by atoms with Gasteiger partial charge in [0.15, 0.2) is 0 Å². The molecule has 0 radical (unpaired) electrons. The highest BCUT2D eigenvalue weighted by Gasteiger charge is 2.41. The van der Waals surface area contributed by atoms with Crippen molar-refractivity contribution >= 4 is 11.8 Å². The number of carbonyl (C=O) groups excluding carboxylic acids is 2. The number of halogens is 2. The van der Waals surface area contributed by atoms with Crippen LogP contribution in [0.3, 0.4) is 0 Å². The Bertz CT molecular complexity index is 1050. The van der Waals surface area contributed by atoms with E-state index in [0.717, 1.165) is 11.1 Å². The SMILES string of the molecule is CNC(=O)c1cc(C(=O)NCCCC2CCNCC2(F)F)cc2c1O[C@@H](C)C2c1ccccc1. The summed E-state index contributed by atoms with van der Waals surface area (Å²) in [6, 6.07) is 13.1. The summed E-state index contributed by atoms with van der Waals surface area (Å²) in [6.07, 6.45) is 1.04. The number of carbonyl (C=O) groups is 2. The highest BCUT2D eigenvalue weighted by Crippen LogP contribution is 2.45. The summed E-state index contributed by atoms with van der Waals surface area (Å²) >= 11 is 0. The smallest absolute Gasteiger partial charge is 0.263 e. The van der Waals surface area contributed by atoms with Crippen LogP contribution in [0.5, 0.6) is 5.75 Å². The lowest BCUT2D eigenvalue weighted by Gasteiger charge is -2.31. The number of nitrogens with one attached hydrogen (secondary N) is 3. The number of fused-ring (bicyclic) bond motifs is 1. The molecule has 2 aromatic carbocycles. The van der Waals surface area contributed by atoms with Crippen LogP contribution in [-0.2, 0) is 0 Å². The molecule has 2 aliphatic rings. The molecular formula is C26H31F2N3O3. The molecule has 0 spiro atoms. The van der Waals surface area contributed by atoms with E-state index in [1.54, 1.807) is 6.07 Å². The number of piperidine rings is 1. The molecule has 6 nitrogen and oxygen atoms in total. The van der Waals surface area contributed by atoms with Crippen LogP contribution in [0.1, 0.15) is 63.9 Å². The van der Waals surface area contributed by atoms with E-state index < -0.39 is 11.8 Å². The molecule has 2 amide bonds. The first-order valence-electron chi connectivity index (χ1n) is 11.8. The van der Waals surface area contributed by atoms with Crippen molar-refractivity contribution in [3.63, 3.8) is 0 Å².